The smallest absolute Gasteiger partial charge is 0.370 e. The largest absolute Gasteiger partial charge is 0.416 e. The van der Waals surface area contributed by atoms with E-state index in [1.807, 2.05) is 16.7 Å². The molecule has 3 aliphatic heterocycles. The summed E-state index contributed by atoms with van der Waals surface area (Å²) in [5, 5.41) is 0. The average molecular weight is 454 g/mol. The number of hydrogen-bond donors (Lipinski definition) is 0. The summed E-state index contributed by atoms with van der Waals surface area (Å²) < 4.78 is 49.9. The lowest BCUT2D eigenvalue weighted by molar-refractivity contribution is -0.140. The Kier molecular flexibility index (Phi) is 6.76. The van der Waals surface area contributed by atoms with Gasteiger partial charge in [-0.3, -0.25) is 4.79 Å². The van der Waals surface area contributed by atoms with Gasteiger partial charge in [0.25, 0.3) is 0 Å². The summed E-state index contributed by atoms with van der Waals surface area (Å²) in [6.45, 7) is 4.35. The van der Waals surface area contributed by atoms with Gasteiger partial charge in [-0.25, -0.2) is 4.79 Å². The van der Waals surface area contributed by atoms with Gasteiger partial charge in [-0.15, -0.1) is 0 Å². The maximum Gasteiger partial charge on any atom is 0.416 e. The number of carbonyl (C=O) groups is 2. The number of likely N-dealkylation sites (tertiary alicyclic amines) is 2. The third-order valence-corrected chi connectivity index (χ3v) is 6.70. The quantitative estimate of drug-likeness (QED) is 0.692. The molecule has 0 N–H and O–H groups in total. The van der Waals surface area contributed by atoms with Crippen molar-refractivity contribution in [2.24, 2.45) is 5.92 Å². The average Bonchev–Trinajstić information content (AvgIpc) is 2.78. The van der Waals surface area contributed by atoms with Crippen LogP contribution in [0, 0.1) is 5.92 Å². The van der Waals surface area contributed by atoms with Crippen molar-refractivity contribution in [3.05, 3.63) is 35.4 Å². The number of alkyl halides is 3. The summed E-state index contributed by atoms with van der Waals surface area (Å²) in [5.41, 5.74) is 0.0251. The molecule has 4 rings (SSSR count). The predicted molar refractivity (Wildman–Crippen MR) is 110 cm³/mol. The van der Waals surface area contributed by atoms with Gasteiger partial charge in [0.15, 0.2) is 5.78 Å². The van der Waals surface area contributed by atoms with Crippen LogP contribution in [0.4, 0.5) is 18.0 Å². The van der Waals surface area contributed by atoms with Gasteiger partial charge in [0, 0.05) is 38.5 Å². The van der Waals surface area contributed by atoms with E-state index in [0.717, 1.165) is 18.6 Å². The van der Waals surface area contributed by atoms with E-state index < -0.39 is 11.7 Å². The normalized spacial score (nSPS) is 26.1. The highest BCUT2D eigenvalue weighted by Gasteiger charge is 2.38. The lowest BCUT2D eigenvalue weighted by Gasteiger charge is -2.43. The monoisotopic (exact) mass is 454 g/mol. The number of fused-ring (bicyclic) bond motifs is 1. The maximum atomic E-state index is 13.0. The lowest BCUT2D eigenvalue weighted by Crippen LogP contribution is -2.55. The summed E-state index contributed by atoms with van der Waals surface area (Å²) in [6.07, 6.45) is -2.06. The first kappa shape index (κ1) is 23.0. The molecule has 3 fully saturated rings. The highest BCUT2D eigenvalue weighted by atomic mass is 19.4. The number of amides is 2. The van der Waals surface area contributed by atoms with Crippen LogP contribution in [-0.4, -0.2) is 66.6 Å². The minimum atomic E-state index is -4.35. The number of halogens is 3. The van der Waals surface area contributed by atoms with Crippen molar-refractivity contribution in [1.29, 1.82) is 0 Å². The summed E-state index contributed by atoms with van der Waals surface area (Å²) in [5.74, 6) is 0.181. The molecule has 0 aromatic heterocycles. The molecule has 32 heavy (non-hydrogen) atoms. The number of nitrogens with zero attached hydrogens (tertiary/aromatic N) is 2. The Balaban J connectivity index is 1.25. The predicted octanol–water partition coefficient (Wildman–Crippen LogP) is 4.05. The Bertz CT molecular complexity index is 822. The van der Waals surface area contributed by atoms with Crippen molar-refractivity contribution < 1.29 is 32.2 Å². The fourth-order valence-corrected chi connectivity index (χ4v) is 4.84. The Labute approximate surface area is 185 Å². The summed E-state index contributed by atoms with van der Waals surface area (Å²) in [7, 11) is 0. The number of urea groups is 1. The Morgan fingerprint density at radius 2 is 1.75 bits per heavy atom. The van der Waals surface area contributed by atoms with Gasteiger partial charge in [-0.1, -0.05) is 12.1 Å². The van der Waals surface area contributed by atoms with Crippen LogP contribution in [0.25, 0.3) is 0 Å². The molecular weight excluding hydrogens is 425 g/mol. The molecule has 9 heteroatoms. The molecule has 2 amide bonds. The van der Waals surface area contributed by atoms with Gasteiger partial charge in [0.2, 0.25) is 0 Å². The minimum absolute atomic E-state index is 0.00397. The lowest BCUT2D eigenvalue weighted by atomic mass is 9.88. The summed E-state index contributed by atoms with van der Waals surface area (Å²) in [4.78, 5) is 28.3. The molecule has 0 radical (unpaired) electrons. The number of hydrogen-bond acceptors (Lipinski definition) is 4. The molecule has 0 saturated carbocycles. The zero-order valence-electron chi connectivity index (χ0n) is 18.1. The van der Waals surface area contributed by atoms with Crippen LogP contribution in [0.3, 0.4) is 0 Å². The molecule has 0 spiro atoms. The van der Waals surface area contributed by atoms with E-state index in [9.17, 15) is 22.8 Å². The van der Waals surface area contributed by atoms with Crippen molar-refractivity contribution in [2.45, 2.75) is 57.1 Å². The molecule has 3 atom stereocenters. The highest BCUT2D eigenvalue weighted by Crippen LogP contribution is 2.32. The van der Waals surface area contributed by atoms with E-state index in [1.54, 1.807) is 0 Å². The van der Waals surface area contributed by atoms with Crippen molar-refractivity contribution in [3.63, 3.8) is 0 Å². The van der Waals surface area contributed by atoms with E-state index >= 15 is 0 Å². The number of carbonyl (C=O) groups excluding carboxylic acids is 2. The molecule has 1 unspecified atom stereocenters. The van der Waals surface area contributed by atoms with Crippen LogP contribution in [0.2, 0.25) is 0 Å². The molecule has 3 heterocycles. The Morgan fingerprint density at radius 1 is 1.09 bits per heavy atom. The first-order chi connectivity index (χ1) is 15.2. The third-order valence-electron chi connectivity index (χ3n) is 6.70. The molecule has 1 aromatic carbocycles. The molecule has 3 saturated heterocycles. The van der Waals surface area contributed by atoms with Crippen molar-refractivity contribution in [3.8, 4) is 0 Å². The fourth-order valence-electron chi connectivity index (χ4n) is 4.84. The second-order valence-electron chi connectivity index (χ2n) is 8.95. The van der Waals surface area contributed by atoms with Gasteiger partial charge in [-0.05, 0) is 43.9 Å². The van der Waals surface area contributed by atoms with Crippen LogP contribution in [0.5, 0.6) is 0 Å². The van der Waals surface area contributed by atoms with Crippen LogP contribution in [0.15, 0.2) is 24.3 Å². The van der Waals surface area contributed by atoms with Crippen LogP contribution in [0.1, 0.15) is 49.8 Å². The molecule has 0 aliphatic carbocycles. The van der Waals surface area contributed by atoms with E-state index in [0.29, 0.717) is 51.0 Å². The summed E-state index contributed by atoms with van der Waals surface area (Å²) >= 11 is 0. The number of Topliss-reactive ketones (excluding diaryl/α,β-unsaturated/α-hetero) is 1. The number of rotatable bonds is 3. The Morgan fingerprint density at radius 3 is 2.41 bits per heavy atom. The summed E-state index contributed by atoms with van der Waals surface area (Å²) in [6, 6.07) is 5.05. The van der Waals surface area contributed by atoms with Crippen LogP contribution < -0.4 is 0 Å². The number of benzene rings is 1. The first-order valence-corrected chi connectivity index (χ1v) is 11.2. The molecule has 0 bridgehead atoms. The van der Waals surface area contributed by atoms with E-state index in [4.69, 9.17) is 9.47 Å². The molecule has 3 aliphatic rings. The van der Waals surface area contributed by atoms with Gasteiger partial charge in [-0.2, -0.15) is 13.2 Å². The van der Waals surface area contributed by atoms with Gasteiger partial charge < -0.3 is 19.3 Å². The van der Waals surface area contributed by atoms with Gasteiger partial charge in [0.1, 0.15) is 6.61 Å². The van der Waals surface area contributed by atoms with Crippen molar-refractivity contribution >= 4 is 11.8 Å². The van der Waals surface area contributed by atoms with Crippen molar-refractivity contribution in [2.75, 3.05) is 32.8 Å². The molecule has 1 aromatic rings. The molecular formula is C23H29F3N2O4. The van der Waals surface area contributed by atoms with Crippen LogP contribution >= 0.6 is 0 Å². The minimum Gasteiger partial charge on any atom is -0.370 e. The van der Waals surface area contributed by atoms with Gasteiger partial charge >= 0.3 is 12.2 Å². The second-order valence-corrected chi connectivity index (χ2v) is 8.95. The van der Waals surface area contributed by atoms with Gasteiger partial charge in [0.05, 0.1) is 23.9 Å². The third kappa shape index (κ3) is 5.26. The SMILES string of the molecule is CC(OC1CCN(C(=O)N2CC[C@@H]3OCC(=O)C[C@@H]3C2)CC1)c1ccc(C(F)(F)F)cc1. The highest BCUT2D eigenvalue weighted by molar-refractivity contribution is 5.81. The van der Waals surface area contributed by atoms with Crippen molar-refractivity contribution in [1.82, 2.24) is 9.80 Å². The standard InChI is InChI=1S/C23H29F3N2O4/c1-15(16-2-4-18(5-3-16)23(24,25)26)32-20-6-9-27(10-7-20)22(30)28-11-8-21-17(13-28)12-19(29)14-31-21/h2-5,15,17,20-21H,6-14H2,1H3/t15?,17-,21+/m1/s1. The fraction of sp³-hybridized carbons (Fsp3) is 0.652. The molecule has 6 nitrogen and oxygen atoms in total. The first-order valence-electron chi connectivity index (χ1n) is 11.2. The topological polar surface area (TPSA) is 59.1 Å². The number of ketones is 1. The number of ether oxygens (including phenoxy) is 2. The van der Waals surface area contributed by atoms with E-state index in [-0.39, 0.29) is 42.7 Å². The number of piperidine rings is 2. The Hall–Kier alpha value is -2.13. The van der Waals surface area contributed by atoms with E-state index in [2.05, 4.69) is 0 Å². The zero-order valence-corrected chi connectivity index (χ0v) is 18.1. The van der Waals surface area contributed by atoms with E-state index in [1.165, 1.54) is 12.1 Å². The molecule has 176 valence electrons. The zero-order chi connectivity index (χ0) is 22.9. The maximum absolute atomic E-state index is 13.0. The van der Waals surface area contributed by atoms with Crippen LogP contribution in [-0.2, 0) is 20.4 Å². The second kappa shape index (κ2) is 9.39.